The van der Waals surface area contributed by atoms with Crippen molar-refractivity contribution in [2.75, 3.05) is 13.7 Å². The van der Waals surface area contributed by atoms with E-state index in [4.69, 9.17) is 5.11 Å². The number of nitro benzene ring substituents is 1. The van der Waals surface area contributed by atoms with Gasteiger partial charge in [-0.2, -0.15) is 4.31 Å². The van der Waals surface area contributed by atoms with Gasteiger partial charge in [-0.05, 0) is 13.0 Å². The topological polar surface area (TPSA) is 101 Å². The Morgan fingerprint density at radius 1 is 1.53 bits per heavy atom. The lowest BCUT2D eigenvalue weighted by atomic mass is 10.3. The highest BCUT2D eigenvalue weighted by Crippen LogP contribution is 2.23. The smallest absolute Gasteiger partial charge is 0.272 e. The van der Waals surface area contributed by atoms with Gasteiger partial charge in [0.1, 0.15) is 10.7 Å². The van der Waals surface area contributed by atoms with Crippen LogP contribution in [0.1, 0.15) is 6.92 Å². The summed E-state index contributed by atoms with van der Waals surface area (Å²) in [6.45, 7) is 1.02. The van der Waals surface area contributed by atoms with Crippen molar-refractivity contribution in [2.45, 2.75) is 17.9 Å². The zero-order chi connectivity index (χ0) is 14.8. The highest BCUT2D eigenvalue weighted by atomic mass is 32.2. The zero-order valence-electron chi connectivity index (χ0n) is 10.3. The summed E-state index contributed by atoms with van der Waals surface area (Å²) in [4.78, 5) is 8.96. The van der Waals surface area contributed by atoms with E-state index in [0.717, 1.165) is 16.4 Å². The van der Waals surface area contributed by atoms with Crippen molar-refractivity contribution in [2.24, 2.45) is 0 Å². The molecule has 9 heteroatoms. The first-order chi connectivity index (χ1) is 8.71. The van der Waals surface area contributed by atoms with Crippen LogP contribution < -0.4 is 0 Å². The Morgan fingerprint density at radius 3 is 2.53 bits per heavy atom. The Kier molecular flexibility index (Phi) is 4.56. The Hall–Kier alpha value is -1.58. The number of sulfonamides is 1. The number of rotatable bonds is 5. The largest absolute Gasteiger partial charge is 0.395 e. The molecule has 0 fully saturated rings. The number of non-ortho nitro benzene ring substituents is 1. The molecule has 106 valence electrons. The number of benzene rings is 1. The average Bonchev–Trinajstić information content (AvgIpc) is 2.36. The van der Waals surface area contributed by atoms with Crippen molar-refractivity contribution in [3.63, 3.8) is 0 Å². The third-order valence-electron chi connectivity index (χ3n) is 2.67. The minimum Gasteiger partial charge on any atom is -0.395 e. The predicted molar refractivity (Wildman–Crippen MR) is 64.6 cm³/mol. The van der Waals surface area contributed by atoms with Gasteiger partial charge in [-0.1, -0.05) is 0 Å². The molecule has 0 aliphatic rings. The lowest BCUT2D eigenvalue weighted by molar-refractivity contribution is -0.385. The molecular weight excluding hydrogens is 279 g/mol. The monoisotopic (exact) mass is 292 g/mol. The van der Waals surface area contributed by atoms with Crippen molar-refractivity contribution in [3.05, 3.63) is 34.1 Å². The van der Waals surface area contributed by atoms with E-state index in [2.05, 4.69) is 0 Å². The molecule has 0 saturated heterocycles. The first kappa shape index (κ1) is 15.5. The number of nitro groups is 1. The molecule has 0 bridgehead atoms. The average molecular weight is 292 g/mol. The van der Waals surface area contributed by atoms with Crippen molar-refractivity contribution in [3.8, 4) is 0 Å². The van der Waals surface area contributed by atoms with Crippen LogP contribution >= 0.6 is 0 Å². The summed E-state index contributed by atoms with van der Waals surface area (Å²) in [6.07, 6.45) is 0. The molecule has 0 aromatic heterocycles. The van der Waals surface area contributed by atoms with Gasteiger partial charge in [-0.25, -0.2) is 12.8 Å². The fraction of sp³-hybridized carbons (Fsp3) is 0.400. The van der Waals surface area contributed by atoms with E-state index in [1.165, 1.54) is 14.0 Å². The molecule has 1 N–H and O–H groups in total. The fourth-order valence-corrected chi connectivity index (χ4v) is 2.72. The lowest BCUT2D eigenvalue weighted by Gasteiger charge is -2.22. The maximum absolute atomic E-state index is 13.7. The molecule has 0 aliphatic carbocycles. The Labute approximate surface area is 109 Å². The number of halogens is 1. The third-order valence-corrected chi connectivity index (χ3v) is 4.67. The van der Waals surface area contributed by atoms with Crippen LogP contribution in [0.2, 0.25) is 0 Å². The number of hydrogen-bond acceptors (Lipinski definition) is 5. The number of nitrogens with zero attached hydrogens (tertiary/aromatic N) is 2. The lowest BCUT2D eigenvalue weighted by Crippen LogP contribution is -2.37. The molecule has 19 heavy (non-hydrogen) atoms. The van der Waals surface area contributed by atoms with Crippen LogP contribution in [0.15, 0.2) is 23.1 Å². The van der Waals surface area contributed by atoms with Gasteiger partial charge in [0, 0.05) is 19.2 Å². The van der Waals surface area contributed by atoms with Crippen LogP contribution in [0.25, 0.3) is 0 Å². The van der Waals surface area contributed by atoms with Gasteiger partial charge in [-0.3, -0.25) is 10.1 Å². The van der Waals surface area contributed by atoms with Crippen LogP contribution in [0.5, 0.6) is 0 Å². The summed E-state index contributed by atoms with van der Waals surface area (Å²) >= 11 is 0. The second-order valence-electron chi connectivity index (χ2n) is 3.92. The van der Waals surface area contributed by atoms with Crippen molar-refractivity contribution in [1.29, 1.82) is 0 Å². The normalized spacial score (nSPS) is 13.5. The molecule has 1 rings (SSSR count). The summed E-state index contributed by atoms with van der Waals surface area (Å²) in [6, 6.07) is 1.56. The van der Waals surface area contributed by atoms with Gasteiger partial charge in [-0.15, -0.1) is 0 Å². The number of hydrogen-bond donors (Lipinski definition) is 1. The van der Waals surface area contributed by atoms with E-state index >= 15 is 0 Å². The predicted octanol–water partition coefficient (Wildman–Crippen LogP) is 0.735. The van der Waals surface area contributed by atoms with Crippen LogP contribution in [0, 0.1) is 15.9 Å². The molecule has 1 aromatic carbocycles. The van der Waals surface area contributed by atoms with E-state index in [1.54, 1.807) is 0 Å². The summed E-state index contributed by atoms with van der Waals surface area (Å²) in [7, 11) is -2.96. The minimum absolute atomic E-state index is 0.426. The Bertz CT molecular complexity index is 590. The molecular formula is C10H13FN2O5S. The van der Waals surface area contributed by atoms with Gasteiger partial charge >= 0.3 is 0 Å². The SMILES string of the molecule is CC(CO)N(C)S(=O)(=O)c1ccc([N+](=O)[O-])cc1F. The quantitative estimate of drug-likeness (QED) is 0.637. The van der Waals surface area contributed by atoms with E-state index in [0.29, 0.717) is 6.07 Å². The maximum atomic E-state index is 13.7. The van der Waals surface area contributed by atoms with E-state index < -0.39 is 44.0 Å². The summed E-state index contributed by atoms with van der Waals surface area (Å²) in [5.41, 5.74) is -0.533. The molecule has 0 heterocycles. The minimum atomic E-state index is -4.15. The number of likely N-dealkylation sites (N-methyl/N-ethyl adjacent to an activating group) is 1. The second-order valence-corrected chi connectivity index (χ2v) is 5.89. The van der Waals surface area contributed by atoms with Crippen LogP contribution in [0.4, 0.5) is 10.1 Å². The molecule has 1 atom stereocenters. The van der Waals surface area contributed by atoms with E-state index in [1.807, 2.05) is 0 Å². The molecule has 0 spiro atoms. The van der Waals surface area contributed by atoms with Crippen molar-refractivity contribution in [1.82, 2.24) is 4.31 Å². The molecule has 7 nitrogen and oxygen atoms in total. The Morgan fingerprint density at radius 2 is 2.11 bits per heavy atom. The molecule has 0 radical (unpaired) electrons. The third kappa shape index (κ3) is 3.06. The van der Waals surface area contributed by atoms with Gasteiger partial charge in [0.25, 0.3) is 5.69 Å². The second kappa shape index (κ2) is 5.59. The summed E-state index contributed by atoms with van der Waals surface area (Å²) in [5, 5.41) is 19.4. The van der Waals surface area contributed by atoms with Gasteiger partial charge in [0.05, 0.1) is 17.6 Å². The van der Waals surface area contributed by atoms with Gasteiger partial charge in [0.15, 0.2) is 0 Å². The molecule has 0 amide bonds. The zero-order valence-corrected chi connectivity index (χ0v) is 11.1. The highest BCUT2D eigenvalue weighted by molar-refractivity contribution is 7.89. The first-order valence-electron chi connectivity index (χ1n) is 5.24. The standard InChI is InChI=1S/C10H13FN2O5S/c1-7(6-14)12(2)19(17,18)10-4-3-8(13(15)16)5-9(10)11/h3-5,7,14H,6H2,1-2H3. The molecule has 0 saturated carbocycles. The van der Waals surface area contributed by atoms with Crippen LogP contribution in [-0.2, 0) is 10.0 Å². The number of aliphatic hydroxyl groups excluding tert-OH is 1. The summed E-state index contributed by atoms with van der Waals surface area (Å²) < 4.78 is 38.5. The van der Waals surface area contributed by atoms with Crippen molar-refractivity contribution < 1.29 is 22.8 Å². The molecule has 0 aliphatic heterocycles. The van der Waals surface area contributed by atoms with E-state index in [9.17, 15) is 22.9 Å². The van der Waals surface area contributed by atoms with E-state index in [-0.39, 0.29) is 0 Å². The van der Waals surface area contributed by atoms with Crippen molar-refractivity contribution >= 4 is 15.7 Å². The van der Waals surface area contributed by atoms with Gasteiger partial charge < -0.3 is 5.11 Å². The molecule has 1 aromatic rings. The maximum Gasteiger partial charge on any atom is 0.272 e. The number of aliphatic hydroxyl groups is 1. The fourth-order valence-electron chi connectivity index (χ4n) is 1.32. The summed E-state index contributed by atoms with van der Waals surface area (Å²) in [5.74, 6) is -1.20. The van der Waals surface area contributed by atoms with Crippen LogP contribution in [0.3, 0.4) is 0 Å². The van der Waals surface area contributed by atoms with Crippen LogP contribution in [-0.4, -0.2) is 42.4 Å². The highest BCUT2D eigenvalue weighted by Gasteiger charge is 2.28. The molecule has 1 unspecified atom stereocenters. The first-order valence-corrected chi connectivity index (χ1v) is 6.68. The van der Waals surface area contributed by atoms with Gasteiger partial charge in [0.2, 0.25) is 10.0 Å². The Balaban J connectivity index is 3.27.